The van der Waals surface area contributed by atoms with E-state index in [0.29, 0.717) is 21.9 Å². The zero-order valence-electron chi connectivity index (χ0n) is 12.0. The molecule has 1 N–H and O–H groups in total. The van der Waals surface area contributed by atoms with Gasteiger partial charge in [0, 0.05) is 18.0 Å². The molecule has 0 aliphatic rings. The number of imidazole rings is 1. The van der Waals surface area contributed by atoms with Crippen LogP contribution in [0.5, 0.6) is 5.75 Å². The minimum atomic E-state index is -4.71. The number of aromatic nitrogens is 3. The van der Waals surface area contributed by atoms with Gasteiger partial charge in [-0.25, -0.2) is 4.98 Å². The number of halogens is 3. The molecule has 120 valence electrons. The van der Waals surface area contributed by atoms with E-state index in [1.807, 2.05) is 19.1 Å². The lowest BCUT2D eigenvalue weighted by molar-refractivity contribution is -0.274. The third-order valence-electron chi connectivity index (χ3n) is 3.00. The molecule has 0 saturated heterocycles. The zero-order chi connectivity index (χ0) is 16.4. The van der Waals surface area contributed by atoms with Crippen molar-refractivity contribution in [3.05, 3.63) is 47.8 Å². The number of ether oxygens (including phenoxy) is 1. The first-order valence-corrected chi connectivity index (χ1v) is 7.67. The normalized spacial score (nSPS) is 11.8. The van der Waals surface area contributed by atoms with E-state index in [9.17, 15) is 13.2 Å². The van der Waals surface area contributed by atoms with Gasteiger partial charge in [-0.15, -0.1) is 13.2 Å². The lowest BCUT2D eigenvalue weighted by atomic mass is 10.3. The molecule has 2 aromatic heterocycles. The van der Waals surface area contributed by atoms with Gasteiger partial charge in [0.25, 0.3) is 0 Å². The number of benzene rings is 1. The van der Waals surface area contributed by atoms with Crippen LogP contribution in [-0.2, 0) is 5.75 Å². The van der Waals surface area contributed by atoms with Crippen LogP contribution in [0.3, 0.4) is 0 Å². The zero-order valence-corrected chi connectivity index (χ0v) is 12.8. The molecular formula is C15H12F3N3OS. The van der Waals surface area contributed by atoms with Gasteiger partial charge in [-0.2, -0.15) is 0 Å². The van der Waals surface area contributed by atoms with Gasteiger partial charge >= 0.3 is 6.36 Å². The fourth-order valence-electron chi connectivity index (χ4n) is 1.95. The summed E-state index contributed by atoms with van der Waals surface area (Å²) in [7, 11) is 0. The summed E-state index contributed by atoms with van der Waals surface area (Å²) in [5, 5.41) is 0.617. The Morgan fingerprint density at radius 1 is 1.22 bits per heavy atom. The average Bonchev–Trinajstić information content (AvgIpc) is 2.87. The first-order valence-electron chi connectivity index (χ1n) is 6.69. The molecular weight excluding hydrogens is 327 g/mol. The number of aryl methyl sites for hydroxylation is 1. The van der Waals surface area contributed by atoms with Crippen molar-refractivity contribution in [2.75, 3.05) is 0 Å². The van der Waals surface area contributed by atoms with Crippen molar-refractivity contribution >= 4 is 22.8 Å². The second-order valence-corrected chi connectivity index (χ2v) is 5.85. The third kappa shape index (κ3) is 4.16. The highest BCUT2D eigenvalue weighted by Crippen LogP contribution is 2.28. The van der Waals surface area contributed by atoms with E-state index in [4.69, 9.17) is 0 Å². The maximum absolute atomic E-state index is 12.2. The summed E-state index contributed by atoms with van der Waals surface area (Å²) in [4.78, 5) is 11.6. The highest BCUT2D eigenvalue weighted by Gasteiger charge is 2.31. The van der Waals surface area contributed by atoms with Gasteiger partial charge in [0.15, 0.2) is 5.16 Å². The van der Waals surface area contributed by atoms with Crippen LogP contribution in [0, 0.1) is 6.92 Å². The van der Waals surface area contributed by atoms with Crippen molar-refractivity contribution in [1.82, 2.24) is 15.0 Å². The van der Waals surface area contributed by atoms with Crippen LogP contribution in [-0.4, -0.2) is 21.3 Å². The highest BCUT2D eigenvalue weighted by molar-refractivity contribution is 7.98. The first-order chi connectivity index (χ1) is 10.9. The molecule has 8 heteroatoms. The Morgan fingerprint density at radius 2 is 2.04 bits per heavy atom. The minimum absolute atomic E-state index is 0.284. The van der Waals surface area contributed by atoms with Crippen LogP contribution in [0.2, 0.25) is 0 Å². The maximum Gasteiger partial charge on any atom is 0.573 e. The van der Waals surface area contributed by atoms with Crippen molar-refractivity contribution in [2.45, 2.75) is 24.2 Å². The summed E-state index contributed by atoms with van der Waals surface area (Å²) in [5.41, 5.74) is 3.06. The van der Waals surface area contributed by atoms with Crippen molar-refractivity contribution < 1.29 is 17.9 Å². The Bertz CT molecular complexity index is 815. The Morgan fingerprint density at radius 3 is 2.74 bits per heavy atom. The van der Waals surface area contributed by atoms with Crippen LogP contribution >= 0.6 is 11.8 Å². The highest BCUT2D eigenvalue weighted by atomic mass is 32.2. The average molecular weight is 339 g/mol. The van der Waals surface area contributed by atoms with Gasteiger partial charge in [0.1, 0.15) is 5.75 Å². The fourth-order valence-corrected chi connectivity index (χ4v) is 2.75. The predicted molar refractivity (Wildman–Crippen MR) is 81.3 cm³/mol. The molecule has 4 nitrogen and oxygen atoms in total. The summed E-state index contributed by atoms with van der Waals surface area (Å²) in [6.45, 7) is 1.96. The van der Waals surface area contributed by atoms with Crippen LogP contribution in [0.15, 0.2) is 41.7 Å². The Kier molecular flexibility index (Phi) is 4.16. The van der Waals surface area contributed by atoms with Gasteiger partial charge in [-0.05, 0) is 30.7 Å². The molecule has 0 spiro atoms. The molecule has 0 amide bonds. The molecule has 0 saturated carbocycles. The first kappa shape index (κ1) is 15.7. The van der Waals surface area contributed by atoms with Crippen molar-refractivity contribution in [3.8, 4) is 5.75 Å². The van der Waals surface area contributed by atoms with Crippen LogP contribution in [0.25, 0.3) is 11.0 Å². The number of fused-ring (bicyclic) bond motifs is 1. The smallest absolute Gasteiger partial charge is 0.406 e. The maximum atomic E-state index is 12.2. The lowest BCUT2D eigenvalue weighted by Crippen LogP contribution is -2.16. The van der Waals surface area contributed by atoms with Gasteiger partial charge < -0.3 is 9.72 Å². The van der Waals surface area contributed by atoms with E-state index in [-0.39, 0.29) is 5.75 Å². The topological polar surface area (TPSA) is 50.8 Å². The number of alkyl halides is 3. The molecule has 0 aliphatic heterocycles. The third-order valence-corrected chi connectivity index (χ3v) is 3.90. The number of nitrogens with one attached hydrogen (secondary N) is 1. The van der Waals surface area contributed by atoms with Gasteiger partial charge in [0.2, 0.25) is 0 Å². The Hall–Kier alpha value is -2.22. The Labute approximate surface area is 134 Å². The van der Waals surface area contributed by atoms with Crippen LogP contribution < -0.4 is 4.74 Å². The molecule has 0 bridgehead atoms. The number of thioether (sulfide) groups is 1. The number of H-pyrrole nitrogens is 1. The predicted octanol–water partition coefficient (Wildman–Crippen LogP) is 4.46. The monoisotopic (exact) mass is 339 g/mol. The van der Waals surface area contributed by atoms with Gasteiger partial charge in [-0.1, -0.05) is 17.8 Å². The van der Waals surface area contributed by atoms with Crippen molar-refractivity contribution in [3.63, 3.8) is 0 Å². The molecule has 0 fully saturated rings. The Balaban J connectivity index is 1.73. The fraction of sp³-hybridized carbons (Fsp3) is 0.200. The van der Waals surface area contributed by atoms with Crippen LogP contribution in [0.4, 0.5) is 13.2 Å². The van der Waals surface area contributed by atoms with E-state index in [2.05, 4.69) is 19.7 Å². The van der Waals surface area contributed by atoms with E-state index < -0.39 is 6.36 Å². The summed E-state index contributed by atoms with van der Waals surface area (Å²) in [5.74, 6) is 0.333. The molecule has 0 unspecified atom stereocenters. The molecule has 1 aromatic carbocycles. The van der Waals surface area contributed by atoms with Crippen molar-refractivity contribution in [2.24, 2.45) is 0 Å². The second kappa shape index (κ2) is 6.11. The summed E-state index contributed by atoms with van der Waals surface area (Å²) >= 11 is 1.43. The molecule has 0 radical (unpaired) electrons. The van der Waals surface area contributed by atoms with Gasteiger partial charge in [0.05, 0.1) is 16.7 Å². The van der Waals surface area contributed by atoms with Gasteiger partial charge in [-0.3, -0.25) is 4.98 Å². The minimum Gasteiger partial charge on any atom is -0.406 e. The number of nitrogens with zero attached hydrogens (tertiary/aromatic N) is 2. The summed E-state index contributed by atoms with van der Waals surface area (Å²) < 4.78 is 40.6. The van der Waals surface area contributed by atoms with E-state index in [1.54, 1.807) is 6.20 Å². The second-order valence-electron chi connectivity index (χ2n) is 4.88. The van der Waals surface area contributed by atoms with Crippen molar-refractivity contribution in [1.29, 1.82) is 0 Å². The number of aromatic amines is 1. The molecule has 2 heterocycles. The molecule has 0 atom stereocenters. The molecule has 0 aliphatic carbocycles. The quantitative estimate of drug-likeness (QED) is 0.713. The number of hydrogen-bond donors (Lipinski definition) is 1. The summed E-state index contributed by atoms with van der Waals surface area (Å²) in [6, 6.07) is 7.93. The standard InChI is InChI=1S/C15H12F3N3OS/c1-9-2-3-10(19-7-9)8-23-14-20-12-5-4-11(6-13(12)21-14)22-15(16,17)18/h2-7H,8H2,1H3,(H,20,21). The largest absolute Gasteiger partial charge is 0.573 e. The van der Waals surface area contributed by atoms with Crippen LogP contribution in [0.1, 0.15) is 11.3 Å². The molecule has 23 heavy (non-hydrogen) atoms. The SMILES string of the molecule is Cc1ccc(CSc2nc3cc(OC(F)(F)F)ccc3[nH]2)nc1. The van der Waals surface area contributed by atoms with E-state index in [1.165, 1.54) is 30.0 Å². The lowest BCUT2D eigenvalue weighted by Gasteiger charge is -2.07. The number of rotatable bonds is 4. The number of pyridine rings is 1. The van der Waals surface area contributed by atoms with E-state index >= 15 is 0 Å². The van der Waals surface area contributed by atoms with E-state index in [0.717, 1.165) is 11.3 Å². The number of hydrogen-bond acceptors (Lipinski definition) is 4. The molecule has 3 rings (SSSR count). The molecule has 3 aromatic rings. The summed E-state index contributed by atoms with van der Waals surface area (Å²) in [6.07, 6.45) is -2.92.